The van der Waals surface area contributed by atoms with E-state index < -0.39 is 9.84 Å². The molecule has 3 heteroatoms. The van der Waals surface area contributed by atoms with Crippen molar-refractivity contribution in [3.05, 3.63) is 60.7 Å². The highest BCUT2D eigenvalue weighted by atomic mass is 32.2. The smallest absolute Gasteiger partial charge is 0.206 e. The maximum absolute atomic E-state index is 12.0. The van der Waals surface area contributed by atoms with Crippen molar-refractivity contribution in [1.82, 2.24) is 0 Å². The molecule has 0 bridgehead atoms. The van der Waals surface area contributed by atoms with E-state index in [4.69, 9.17) is 0 Å². The molecule has 0 aliphatic rings. The second-order valence-corrected chi connectivity index (χ2v) is 5.08. The molecule has 0 aliphatic heterocycles. The molecule has 0 heterocycles. The Morgan fingerprint density at radius 2 is 0.842 bits per heavy atom. The summed E-state index contributed by atoms with van der Waals surface area (Å²) in [6.07, 6.45) is 0. The van der Waals surface area contributed by atoms with E-state index in [1.165, 1.54) is 0 Å². The van der Waals surface area contributed by atoms with Crippen LogP contribution < -0.4 is 0 Å². The van der Waals surface area contributed by atoms with E-state index >= 15 is 0 Å². The predicted molar refractivity (Wildman–Crippen MR) is 81.0 cm³/mol. The Bertz CT molecular complexity index is 486. The minimum absolute atomic E-state index is 0.330. The summed E-state index contributed by atoms with van der Waals surface area (Å²) in [5.41, 5.74) is 0. The highest BCUT2D eigenvalue weighted by Crippen LogP contribution is 2.19. The molecule has 0 aromatic heterocycles. The number of hydrogen-bond acceptors (Lipinski definition) is 2. The van der Waals surface area contributed by atoms with E-state index in [0.717, 1.165) is 0 Å². The first-order valence-corrected chi connectivity index (χ1v) is 8.05. The van der Waals surface area contributed by atoms with Crippen molar-refractivity contribution in [2.75, 3.05) is 0 Å². The molecule has 2 nitrogen and oxygen atoms in total. The van der Waals surface area contributed by atoms with Crippen LogP contribution >= 0.6 is 0 Å². The minimum atomic E-state index is -3.34. The average molecular weight is 278 g/mol. The molecule has 0 radical (unpaired) electrons. The molecule has 0 unspecified atom stereocenters. The summed E-state index contributed by atoms with van der Waals surface area (Å²) in [4.78, 5) is 0.660. The molecule has 2 rings (SSSR count). The monoisotopic (exact) mass is 278 g/mol. The van der Waals surface area contributed by atoms with Gasteiger partial charge < -0.3 is 0 Å². The third-order valence-electron chi connectivity index (χ3n) is 2.11. The molecule has 0 atom stereocenters. The second kappa shape index (κ2) is 9.34. The van der Waals surface area contributed by atoms with E-state index in [9.17, 15) is 8.42 Å². The van der Waals surface area contributed by atoms with Gasteiger partial charge in [0, 0.05) is 0 Å². The van der Waals surface area contributed by atoms with Gasteiger partial charge in [0.2, 0.25) is 9.84 Å². The molecule has 0 amide bonds. The van der Waals surface area contributed by atoms with Crippen molar-refractivity contribution in [2.45, 2.75) is 37.5 Å². The zero-order valence-corrected chi connectivity index (χ0v) is 12.8. The van der Waals surface area contributed by atoms with Gasteiger partial charge in [0.15, 0.2) is 0 Å². The fourth-order valence-electron chi connectivity index (χ4n) is 1.34. The lowest BCUT2D eigenvalue weighted by molar-refractivity contribution is 0.596. The van der Waals surface area contributed by atoms with E-state index in [1.54, 1.807) is 60.7 Å². The van der Waals surface area contributed by atoms with Gasteiger partial charge in [0.1, 0.15) is 0 Å². The normalized spacial score (nSPS) is 9.47. The van der Waals surface area contributed by atoms with Crippen molar-refractivity contribution in [3.8, 4) is 0 Å². The van der Waals surface area contributed by atoms with Crippen LogP contribution in [-0.4, -0.2) is 8.42 Å². The Hall–Kier alpha value is -1.61. The fourth-order valence-corrected chi connectivity index (χ4v) is 2.64. The van der Waals surface area contributed by atoms with Crippen LogP contribution in [0.5, 0.6) is 0 Å². The van der Waals surface area contributed by atoms with Crippen molar-refractivity contribution in [2.24, 2.45) is 0 Å². The highest BCUT2D eigenvalue weighted by Gasteiger charge is 2.15. The van der Waals surface area contributed by atoms with Gasteiger partial charge >= 0.3 is 0 Å². The van der Waals surface area contributed by atoms with Crippen LogP contribution in [0.2, 0.25) is 0 Å². The molecule has 0 aliphatic carbocycles. The van der Waals surface area contributed by atoms with Crippen LogP contribution in [-0.2, 0) is 9.84 Å². The first-order chi connectivity index (χ1) is 9.21. The fraction of sp³-hybridized carbons (Fsp3) is 0.250. The standard InChI is InChI=1S/C12H10O2S.2C2H6/c13-15(14,11-7-3-1-4-8-11)12-9-5-2-6-10-12;2*1-2/h1-10H;2*1-2H3. The van der Waals surface area contributed by atoms with Gasteiger partial charge in [0.25, 0.3) is 0 Å². The summed E-state index contributed by atoms with van der Waals surface area (Å²) in [5.74, 6) is 0. The number of sulfone groups is 1. The molecule has 0 saturated carbocycles. The third-order valence-corrected chi connectivity index (χ3v) is 3.89. The van der Waals surface area contributed by atoms with Crippen LogP contribution in [0.4, 0.5) is 0 Å². The van der Waals surface area contributed by atoms with Crippen LogP contribution in [0, 0.1) is 0 Å². The van der Waals surface area contributed by atoms with Crippen molar-refractivity contribution < 1.29 is 8.42 Å². The zero-order chi connectivity index (χ0) is 14.7. The molecule has 19 heavy (non-hydrogen) atoms. The lowest BCUT2D eigenvalue weighted by Crippen LogP contribution is -2.00. The molecule has 2 aromatic rings. The maximum atomic E-state index is 12.0. The first kappa shape index (κ1) is 17.4. The highest BCUT2D eigenvalue weighted by molar-refractivity contribution is 7.91. The topological polar surface area (TPSA) is 34.1 Å². The van der Waals surface area contributed by atoms with E-state index in [0.29, 0.717) is 9.79 Å². The van der Waals surface area contributed by atoms with Gasteiger partial charge in [-0.1, -0.05) is 64.1 Å². The summed E-state index contributed by atoms with van der Waals surface area (Å²) in [6.45, 7) is 8.00. The first-order valence-electron chi connectivity index (χ1n) is 6.56. The van der Waals surface area contributed by atoms with Gasteiger partial charge in [-0.3, -0.25) is 0 Å². The van der Waals surface area contributed by atoms with E-state index in [-0.39, 0.29) is 0 Å². The van der Waals surface area contributed by atoms with E-state index in [2.05, 4.69) is 0 Å². The summed E-state index contributed by atoms with van der Waals surface area (Å²) in [7, 11) is -3.34. The average Bonchev–Trinajstić information content (AvgIpc) is 2.53. The summed E-state index contributed by atoms with van der Waals surface area (Å²) < 4.78 is 24.1. The van der Waals surface area contributed by atoms with Crippen LogP contribution in [0.1, 0.15) is 27.7 Å². The van der Waals surface area contributed by atoms with Crippen LogP contribution in [0.15, 0.2) is 70.5 Å². The van der Waals surface area contributed by atoms with E-state index in [1.807, 2.05) is 27.7 Å². The summed E-state index contributed by atoms with van der Waals surface area (Å²) in [6, 6.07) is 16.9. The lowest BCUT2D eigenvalue weighted by atomic mass is 10.4. The molecular formula is C16H22O2S. The van der Waals surface area contributed by atoms with Gasteiger partial charge in [0.05, 0.1) is 9.79 Å². The number of benzene rings is 2. The third kappa shape index (κ3) is 4.87. The molecule has 0 spiro atoms. The van der Waals surface area contributed by atoms with Crippen LogP contribution in [0.3, 0.4) is 0 Å². The summed E-state index contributed by atoms with van der Waals surface area (Å²) >= 11 is 0. The molecule has 0 saturated heterocycles. The quantitative estimate of drug-likeness (QED) is 0.806. The Labute approximate surface area is 117 Å². The Kier molecular flexibility index (Phi) is 8.55. The molecular weight excluding hydrogens is 256 g/mol. The lowest BCUT2D eigenvalue weighted by Gasteiger charge is -2.03. The maximum Gasteiger partial charge on any atom is 0.206 e. The van der Waals surface area contributed by atoms with Gasteiger partial charge in [-0.05, 0) is 24.3 Å². The Morgan fingerprint density at radius 3 is 1.11 bits per heavy atom. The zero-order valence-electron chi connectivity index (χ0n) is 12.0. The SMILES string of the molecule is CC.CC.O=S(=O)(c1ccccc1)c1ccccc1. The van der Waals surface area contributed by atoms with Crippen molar-refractivity contribution in [1.29, 1.82) is 0 Å². The van der Waals surface area contributed by atoms with Crippen molar-refractivity contribution >= 4 is 9.84 Å². The van der Waals surface area contributed by atoms with Gasteiger partial charge in [-0.25, -0.2) is 8.42 Å². The van der Waals surface area contributed by atoms with Gasteiger partial charge in [-0.2, -0.15) is 0 Å². The minimum Gasteiger partial charge on any atom is -0.219 e. The Morgan fingerprint density at radius 1 is 0.579 bits per heavy atom. The van der Waals surface area contributed by atoms with Gasteiger partial charge in [-0.15, -0.1) is 0 Å². The van der Waals surface area contributed by atoms with Crippen LogP contribution in [0.25, 0.3) is 0 Å². The molecule has 0 fully saturated rings. The largest absolute Gasteiger partial charge is 0.219 e. The number of hydrogen-bond donors (Lipinski definition) is 0. The molecule has 0 N–H and O–H groups in total. The molecule has 104 valence electrons. The predicted octanol–water partition coefficient (Wildman–Crippen LogP) is 4.57. The second-order valence-electron chi connectivity index (χ2n) is 3.13. The summed E-state index contributed by atoms with van der Waals surface area (Å²) in [5, 5.41) is 0. The molecule has 2 aromatic carbocycles. The Balaban J connectivity index is 0.000000741. The number of rotatable bonds is 2. The van der Waals surface area contributed by atoms with Crippen molar-refractivity contribution in [3.63, 3.8) is 0 Å².